The number of aliphatic hydroxyl groups excluding tert-OH is 1. The second kappa shape index (κ2) is 9.38. The lowest BCUT2D eigenvalue weighted by molar-refractivity contribution is -0.153. The van der Waals surface area contributed by atoms with Crippen LogP contribution in [0.3, 0.4) is 0 Å². The van der Waals surface area contributed by atoms with Gasteiger partial charge in [-0.25, -0.2) is 4.68 Å². The van der Waals surface area contributed by atoms with Crippen molar-refractivity contribution in [3.05, 3.63) is 48.6 Å². The number of nitrogens with zero attached hydrogens (tertiary/aromatic N) is 5. The number of benzene rings is 1. The number of rotatable bonds is 7. The van der Waals surface area contributed by atoms with Gasteiger partial charge in [0.15, 0.2) is 0 Å². The predicted molar refractivity (Wildman–Crippen MR) is 130 cm³/mol. The topological polar surface area (TPSA) is 127 Å². The molecule has 6 rings (SSSR count). The van der Waals surface area contributed by atoms with Crippen LogP contribution in [0, 0.1) is 11.8 Å². The van der Waals surface area contributed by atoms with Crippen molar-refractivity contribution in [2.24, 2.45) is 11.8 Å². The summed E-state index contributed by atoms with van der Waals surface area (Å²) in [4.78, 5) is 44.3. The Bertz CT molecular complexity index is 1290. The summed E-state index contributed by atoms with van der Waals surface area (Å²) < 4.78 is 13.5. The number of hydrogen-bond acceptors (Lipinski definition) is 8. The van der Waals surface area contributed by atoms with Crippen molar-refractivity contribution in [3.63, 3.8) is 0 Å². The van der Waals surface area contributed by atoms with Crippen molar-refractivity contribution in [1.29, 1.82) is 0 Å². The molecule has 2 amide bonds. The molecule has 1 unspecified atom stereocenters. The Morgan fingerprint density at radius 2 is 1.95 bits per heavy atom. The lowest BCUT2D eigenvalue weighted by Crippen LogP contribution is -2.55. The van der Waals surface area contributed by atoms with Crippen LogP contribution < -0.4 is 0 Å². The summed E-state index contributed by atoms with van der Waals surface area (Å²) in [6, 6.07) is 6.58. The van der Waals surface area contributed by atoms with Crippen LogP contribution >= 0.6 is 0 Å². The standard InChI is InChI=1S/C26H29N5O6/c32-14-5-1-4-13-30-22-24(34)29(16-31-18-9-3-2-8-17(18)27-28-31)12-7-11-26(22)21(23(30)33)20-19(37-26)10-6-15-36-25(20)35/h2-3,6-11,19-22,32H,1,4-5,12-16H2/t19-,20+,21+,22-,26?/m1/s1. The van der Waals surface area contributed by atoms with Crippen LogP contribution in [0.1, 0.15) is 19.3 Å². The molecule has 0 saturated carbocycles. The van der Waals surface area contributed by atoms with E-state index in [1.807, 2.05) is 30.3 Å². The number of para-hydroxylation sites is 1. The summed E-state index contributed by atoms with van der Waals surface area (Å²) >= 11 is 0. The van der Waals surface area contributed by atoms with E-state index < -0.39 is 35.6 Å². The number of amides is 2. The van der Waals surface area contributed by atoms with Crippen LogP contribution in [-0.4, -0.2) is 91.7 Å². The molecule has 1 aromatic carbocycles. The monoisotopic (exact) mass is 507 g/mol. The van der Waals surface area contributed by atoms with Gasteiger partial charge in [-0.05, 0) is 37.5 Å². The fourth-order valence-electron chi connectivity index (χ4n) is 6.14. The van der Waals surface area contributed by atoms with Gasteiger partial charge in [-0.3, -0.25) is 14.4 Å². The molecule has 5 heterocycles. The number of carbonyl (C=O) groups is 3. The van der Waals surface area contributed by atoms with Gasteiger partial charge in [0.25, 0.3) is 5.91 Å². The van der Waals surface area contributed by atoms with Crippen molar-refractivity contribution >= 4 is 28.8 Å². The Morgan fingerprint density at radius 1 is 1.08 bits per heavy atom. The number of unbranched alkanes of at least 4 members (excludes halogenated alkanes) is 2. The molecular formula is C26H29N5O6. The minimum Gasteiger partial charge on any atom is -0.461 e. The molecule has 11 heteroatoms. The third-order valence-electron chi connectivity index (χ3n) is 7.78. The molecule has 4 aliphatic heterocycles. The average molecular weight is 508 g/mol. The Hall–Kier alpha value is -3.57. The normalized spacial score (nSPS) is 30.8. The molecule has 11 nitrogen and oxygen atoms in total. The van der Waals surface area contributed by atoms with Gasteiger partial charge in [0.05, 0.1) is 17.5 Å². The Balaban J connectivity index is 1.36. The molecule has 194 valence electrons. The van der Waals surface area contributed by atoms with Crippen LogP contribution in [0.25, 0.3) is 11.0 Å². The Kier molecular flexibility index (Phi) is 6.04. The largest absolute Gasteiger partial charge is 0.461 e. The van der Waals surface area contributed by atoms with Gasteiger partial charge < -0.3 is 24.4 Å². The van der Waals surface area contributed by atoms with Crippen molar-refractivity contribution < 1.29 is 29.0 Å². The van der Waals surface area contributed by atoms with E-state index in [4.69, 9.17) is 9.47 Å². The smallest absolute Gasteiger partial charge is 0.313 e. The van der Waals surface area contributed by atoms with Crippen LogP contribution in [0.4, 0.5) is 0 Å². The molecule has 2 aromatic rings. The van der Waals surface area contributed by atoms with Gasteiger partial charge in [-0.15, -0.1) is 5.10 Å². The predicted octanol–water partition coefficient (Wildman–Crippen LogP) is 0.644. The zero-order chi connectivity index (χ0) is 25.6. The molecule has 1 aromatic heterocycles. The number of hydrogen-bond donors (Lipinski definition) is 1. The molecule has 4 aliphatic rings. The number of esters is 1. The highest BCUT2D eigenvalue weighted by Gasteiger charge is 2.71. The second-order valence-corrected chi connectivity index (χ2v) is 9.90. The third-order valence-corrected chi connectivity index (χ3v) is 7.78. The van der Waals surface area contributed by atoms with E-state index in [9.17, 15) is 19.5 Å². The molecule has 2 saturated heterocycles. The first-order chi connectivity index (χ1) is 18.0. The molecule has 1 spiro atoms. The van der Waals surface area contributed by atoms with Crippen molar-refractivity contribution in [3.8, 4) is 0 Å². The minimum absolute atomic E-state index is 0.0658. The summed E-state index contributed by atoms with van der Waals surface area (Å²) in [6.07, 6.45) is 8.42. The van der Waals surface area contributed by atoms with Gasteiger partial charge in [0, 0.05) is 19.7 Å². The molecule has 0 radical (unpaired) electrons. The highest BCUT2D eigenvalue weighted by atomic mass is 16.6. The highest BCUT2D eigenvalue weighted by molar-refractivity contribution is 5.99. The summed E-state index contributed by atoms with van der Waals surface area (Å²) in [7, 11) is 0. The summed E-state index contributed by atoms with van der Waals surface area (Å²) in [6.45, 7) is 0.973. The van der Waals surface area contributed by atoms with Crippen LogP contribution in [-0.2, 0) is 30.5 Å². The van der Waals surface area contributed by atoms with E-state index in [2.05, 4.69) is 10.3 Å². The fraction of sp³-hybridized carbons (Fsp3) is 0.500. The van der Waals surface area contributed by atoms with Crippen LogP contribution in [0.15, 0.2) is 48.6 Å². The Labute approximate surface area is 213 Å². The quantitative estimate of drug-likeness (QED) is 0.329. The summed E-state index contributed by atoms with van der Waals surface area (Å²) in [5.74, 6) is -2.71. The molecule has 0 bridgehead atoms. The lowest BCUT2D eigenvalue weighted by atomic mass is 9.78. The summed E-state index contributed by atoms with van der Waals surface area (Å²) in [5, 5.41) is 17.6. The molecule has 2 fully saturated rings. The Morgan fingerprint density at radius 3 is 2.81 bits per heavy atom. The van der Waals surface area contributed by atoms with E-state index in [0.29, 0.717) is 32.4 Å². The number of aromatic nitrogens is 3. The van der Waals surface area contributed by atoms with Crippen molar-refractivity contribution in [2.75, 3.05) is 26.3 Å². The minimum atomic E-state index is -1.28. The first-order valence-electron chi connectivity index (χ1n) is 12.7. The number of fused-ring (bicyclic) bond motifs is 3. The summed E-state index contributed by atoms with van der Waals surface area (Å²) in [5.41, 5.74) is 0.245. The number of likely N-dealkylation sites (tertiary alicyclic amines) is 1. The van der Waals surface area contributed by atoms with Gasteiger partial charge in [-0.2, -0.15) is 0 Å². The highest BCUT2D eigenvalue weighted by Crippen LogP contribution is 2.53. The van der Waals surface area contributed by atoms with E-state index in [-0.39, 0.29) is 31.7 Å². The zero-order valence-electron chi connectivity index (χ0n) is 20.3. The van der Waals surface area contributed by atoms with Crippen LogP contribution in [0.5, 0.6) is 0 Å². The van der Waals surface area contributed by atoms with E-state index >= 15 is 0 Å². The average Bonchev–Trinajstić information content (AvgIpc) is 3.44. The first kappa shape index (κ1) is 23.8. The first-order valence-corrected chi connectivity index (χ1v) is 12.7. The lowest BCUT2D eigenvalue weighted by Gasteiger charge is -2.35. The third kappa shape index (κ3) is 3.75. The number of ether oxygens (including phenoxy) is 2. The molecule has 0 aliphatic carbocycles. The second-order valence-electron chi connectivity index (χ2n) is 9.90. The molecule has 37 heavy (non-hydrogen) atoms. The van der Waals surface area contributed by atoms with Gasteiger partial charge in [-0.1, -0.05) is 35.6 Å². The molecular weight excluding hydrogens is 478 g/mol. The number of aliphatic hydroxyl groups is 1. The van der Waals surface area contributed by atoms with Gasteiger partial charge in [0.1, 0.15) is 36.4 Å². The van der Waals surface area contributed by atoms with Gasteiger partial charge >= 0.3 is 5.97 Å². The van der Waals surface area contributed by atoms with E-state index in [1.54, 1.807) is 32.7 Å². The van der Waals surface area contributed by atoms with Crippen LogP contribution in [0.2, 0.25) is 0 Å². The van der Waals surface area contributed by atoms with Gasteiger partial charge in [0.2, 0.25) is 5.91 Å². The van der Waals surface area contributed by atoms with Crippen molar-refractivity contribution in [2.45, 2.75) is 43.7 Å². The molecule has 1 N–H and O–H groups in total. The number of carbonyl (C=O) groups excluding carboxylic acids is 3. The van der Waals surface area contributed by atoms with E-state index in [1.165, 1.54) is 0 Å². The maximum Gasteiger partial charge on any atom is 0.313 e. The maximum absolute atomic E-state index is 14.2. The molecule has 5 atom stereocenters. The number of cyclic esters (lactones) is 1. The maximum atomic E-state index is 14.2. The van der Waals surface area contributed by atoms with E-state index in [0.717, 1.165) is 11.0 Å². The zero-order valence-corrected chi connectivity index (χ0v) is 20.3. The SMILES string of the molecule is O=C1OCC=C[C@H]2OC34C=CCN(Cn5nnc6ccccc65)C(=O)[C@H]3N(CCCCCO)C(=O)[C@@H]4[C@@H]12. The fourth-order valence-corrected chi connectivity index (χ4v) is 6.14. The van der Waals surface area contributed by atoms with Crippen molar-refractivity contribution in [1.82, 2.24) is 24.8 Å².